The van der Waals surface area contributed by atoms with Crippen LogP contribution in [0.4, 0.5) is 20.3 Å². The van der Waals surface area contributed by atoms with E-state index in [0.29, 0.717) is 35.2 Å². The van der Waals surface area contributed by atoms with E-state index < -0.39 is 11.6 Å². The number of pyridine rings is 1. The van der Waals surface area contributed by atoms with Gasteiger partial charge in [0.15, 0.2) is 17.4 Å². The molecule has 3 heterocycles. The molecule has 37 heavy (non-hydrogen) atoms. The van der Waals surface area contributed by atoms with Gasteiger partial charge in [-0.05, 0) is 37.6 Å². The first kappa shape index (κ1) is 24.1. The van der Waals surface area contributed by atoms with Gasteiger partial charge in [-0.2, -0.15) is 5.10 Å². The van der Waals surface area contributed by atoms with Crippen molar-refractivity contribution in [2.24, 2.45) is 0 Å². The molecule has 0 fully saturated rings. The fourth-order valence-electron chi connectivity index (χ4n) is 4.10. The van der Waals surface area contributed by atoms with Crippen molar-refractivity contribution in [2.45, 2.75) is 20.4 Å². The number of nitrogens with zero attached hydrogens (tertiary/aromatic N) is 5. The molecule has 0 saturated heterocycles. The van der Waals surface area contributed by atoms with Crippen LogP contribution in [0.3, 0.4) is 0 Å². The second-order valence-electron chi connectivity index (χ2n) is 8.25. The van der Waals surface area contributed by atoms with Gasteiger partial charge in [0.1, 0.15) is 23.1 Å². The van der Waals surface area contributed by atoms with E-state index >= 15 is 0 Å². The van der Waals surface area contributed by atoms with Crippen LogP contribution in [0.5, 0.6) is 11.5 Å². The maximum atomic E-state index is 14.9. The molecule has 0 aliphatic carbocycles. The molecule has 0 amide bonds. The predicted molar refractivity (Wildman–Crippen MR) is 136 cm³/mol. The zero-order chi connectivity index (χ0) is 25.9. The number of aryl methyl sites for hydroxylation is 1. The fourth-order valence-corrected chi connectivity index (χ4v) is 4.10. The van der Waals surface area contributed by atoms with Crippen molar-refractivity contribution in [1.29, 1.82) is 0 Å². The molecule has 0 bridgehead atoms. The van der Waals surface area contributed by atoms with Crippen LogP contribution in [0.15, 0.2) is 61.1 Å². The molecule has 2 aromatic carbocycles. The highest BCUT2D eigenvalue weighted by Crippen LogP contribution is 2.33. The van der Waals surface area contributed by atoms with Crippen LogP contribution in [0.25, 0.3) is 22.4 Å². The molecule has 5 rings (SSSR count). The molecule has 0 unspecified atom stereocenters. The number of rotatable bonds is 8. The second-order valence-corrected chi connectivity index (χ2v) is 8.25. The van der Waals surface area contributed by atoms with Crippen LogP contribution in [0.2, 0.25) is 0 Å². The third kappa shape index (κ3) is 4.77. The van der Waals surface area contributed by atoms with E-state index in [0.717, 1.165) is 16.6 Å². The summed E-state index contributed by atoms with van der Waals surface area (Å²) in [7, 11) is 1.53. The van der Waals surface area contributed by atoms with Gasteiger partial charge < -0.3 is 14.8 Å². The molecule has 0 radical (unpaired) electrons. The van der Waals surface area contributed by atoms with Gasteiger partial charge in [-0.15, -0.1) is 0 Å². The average molecular weight is 503 g/mol. The predicted octanol–water partition coefficient (Wildman–Crippen LogP) is 5.67. The number of anilines is 2. The molecule has 0 spiro atoms. The zero-order valence-electron chi connectivity index (χ0n) is 20.5. The molecule has 1 N–H and O–H groups in total. The van der Waals surface area contributed by atoms with Crippen molar-refractivity contribution in [1.82, 2.24) is 24.7 Å². The zero-order valence-corrected chi connectivity index (χ0v) is 20.5. The molecule has 8 nitrogen and oxygen atoms in total. The Labute approximate surface area is 211 Å². The Morgan fingerprint density at radius 3 is 2.51 bits per heavy atom. The van der Waals surface area contributed by atoms with Crippen LogP contribution < -0.4 is 14.8 Å². The van der Waals surface area contributed by atoms with Crippen LogP contribution in [-0.4, -0.2) is 38.4 Å². The summed E-state index contributed by atoms with van der Waals surface area (Å²) in [6.45, 7) is 3.88. The molecule has 10 heteroatoms. The fraction of sp³-hybridized carbons (Fsp3) is 0.185. The van der Waals surface area contributed by atoms with E-state index in [1.165, 1.54) is 19.2 Å². The Hall–Kier alpha value is -4.60. The van der Waals surface area contributed by atoms with Crippen molar-refractivity contribution >= 4 is 22.4 Å². The highest BCUT2D eigenvalue weighted by molar-refractivity contribution is 5.94. The molecular weight excluding hydrogens is 478 g/mol. The Morgan fingerprint density at radius 1 is 1.05 bits per heavy atom. The van der Waals surface area contributed by atoms with E-state index in [4.69, 9.17) is 14.6 Å². The normalized spacial score (nSPS) is 11.1. The number of nitrogens with one attached hydrogen (secondary N) is 1. The largest absolute Gasteiger partial charge is 0.494 e. The molecule has 0 saturated carbocycles. The summed E-state index contributed by atoms with van der Waals surface area (Å²) < 4.78 is 42.0. The highest BCUT2D eigenvalue weighted by Gasteiger charge is 2.21. The monoisotopic (exact) mass is 502 g/mol. The summed E-state index contributed by atoms with van der Waals surface area (Å²) in [6.07, 6.45) is 4.88. The number of halogens is 2. The number of fused-ring (bicyclic) bond motifs is 1. The topological polar surface area (TPSA) is 87.0 Å². The van der Waals surface area contributed by atoms with E-state index in [1.807, 2.05) is 25.1 Å². The van der Waals surface area contributed by atoms with Gasteiger partial charge in [-0.25, -0.2) is 18.7 Å². The number of ether oxygens (including phenoxy) is 2. The minimum Gasteiger partial charge on any atom is -0.494 e. The summed E-state index contributed by atoms with van der Waals surface area (Å²) in [5, 5.41) is 8.71. The van der Waals surface area contributed by atoms with E-state index in [1.54, 1.807) is 42.3 Å². The lowest BCUT2D eigenvalue weighted by Crippen LogP contribution is -2.07. The summed E-state index contributed by atoms with van der Waals surface area (Å²) in [6, 6.07) is 11.6. The van der Waals surface area contributed by atoms with Gasteiger partial charge >= 0.3 is 0 Å². The minimum absolute atomic E-state index is 0.114. The summed E-state index contributed by atoms with van der Waals surface area (Å²) in [5.41, 5.74) is 2.77. The standard InChI is InChI=1S/C27H24F2N6O2/c1-4-37-18-12-20(28)19(21(29)13-18)15-35-22-7-5-6-16(2)24(22)25(34-35)27-31-14-23(36-3)26(33-27)32-17-8-10-30-11-9-17/h5-14H,4,15H2,1-3H3,(H,30,31,32,33). The van der Waals surface area contributed by atoms with Crippen molar-refractivity contribution in [3.05, 3.63) is 83.8 Å². The van der Waals surface area contributed by atoms with Crippen molar-refractivity contribution in [3.8, 4) is 23.0 Å². The molecule has 0 atom stereocenters. The van der Waals surface area contributed by atoms with Crippen LogP contribution in [0, 0.1) is 18.6 Å². The van der Waals surface area contributed by atoms with Gasteiger partial charge in [-0.3, -0.25) is 9.67 Å². The second kappa shape index (κ2) is 10.2. The van der Waals surface area contributed by atoms with Crippen LogP contribution in [-0.2, 0) is 6.54 Å². The Balaban J connectivity index is 1.60. The molecule has 0 aliphatic rings. The first-order valence-electron chi connectivity index (χ1n) is 11.6. The number of benzene rings is 2. The van der Waals surface area contributed by atoms with Gasteiger partial charge in [0.05, 0.1) is 32.0 Å². The van der Waals surface area contributed by atoms with Gasteiger partial charge in [0, 0.05) is 41.2 Å². The number of methoxy groups -OCH3 is 1. The smallest absolute Gasteiger partial charge is 0.183 e. The minimum atomic E-state index is -0.703. The third-order valence-corrected chi connectivity index (χ3v) is 5.85. The van der Waals surface area contributed by atoms with Crippen molar-refractivity contribution < 1.29 is 18.3 Å². The number of aromatic nitrogens is 5. The van der Waals surface area contributed by atoms with Crippen LogP contribution in [0.1, 0.15) is 18.1 Å². The first-order valence-corrected chi connectivity index (χ1v) is 11.6. The average Bonchev–Trinajstić information content (AvgIpc) is 3.27. The van der Waals surface area contributed by atoms with Gasteiger partial charge in [0.25, 0.3) is 0 Å². The number of hydrogen-bond donors (Lipinski definition) is 1. The molecular formula is C27H24F2N6O2. The van der Waals surface area contributed by atoms with Crippen molar-refractivity contribution in [2.75, 3.05) is 19.0 Å². The third-order valence-electron chi connectivity index (χ3n) is 5.85. The maximum absolute atomic E-state index is 14.9. The molecule has 0 aliphatic heterocycles. The molecule has 5 aromatic rings. The lowest BCUT2D eigenvalue weighted by Gasteiger charge is -2.11. The molecule has 3 aromatic heterocycles. The lowest BCUT2D eigenvalue weighted by molar-refractivity contribution is 0.335. The number of hydrogen-bond acceptors (Lipinski definition) is 7. The maximum Gasteiger partial charge on any atom is 0.183 e. The summed E-state index contributed by atoms with van der Waals surface area (Å²) in [5.74, 6) is -0.0400. The SMILES string of the molecule is CCOc1cc(F)c(Cn2nc(-c3ncc(OC)c(Nc4ccncc4)n3)c3c(C)cccc32)c(F)c1. The lowest BCUT2D eigenvalue weighted by atomic mass is 10.1. The van der Waals surface area contributed by atoms with Gasteiger partial charge in [0.2, 0.25) is 0 Å². The van der Waals surface area contributed by atoms with E-state index in [9.17, 15) is 8.78 Å². The Kier molecular flexibility index (Phi) is 6.63. The first-order chi connectivity index (χ1) is 18.0. The Bertz CT molecular complexity index is 1550. The summed E-state index contributed by atoms with van der Waals surface area (Å²) >= 11 is 0. The molecule has 188 valence electrons. The Morgan fingerprint density at radius 2 is 1.81 bits per heavy atom. The van der Waals surface area contributed by atoms with Crippen LogP contribution >= 0.6 is 0 Å². The van der Waals surface area contributed by atoms with E-state index in [-0.39, 0.29) is 17.9 Å². The summed E-state index contributed by atoms with van der Waals surface area (Å²) in [4.78, 5) is 13.2. The highest BCUT2D eigenvalue weighted by atomic mass is 19.1. The quantitative estimate of drug-likeness (QED) is 0.292. The van der Waals surface area contributed by atoms with E-state index in [2.05, 4.69) is 20.3 Å². The van der Waals surface area contributed by atoms with Crippen molar-refractivity contribution in [3.63, 3.8) is 0 Å². The van der Waals surface area contributed by atoms with Gasteiger partial charge in [-0.1, -0.05) is 12.1 Å².